The van der Waals surface area contributed by atoms with E-state index in [0.717, 1.165) is 44.6 Å². The van der Waals surface area contributed by atoms with Gasteiger partial charge in [-0.25, -0.2) is 0 Å². The Kier molecular flexibility index (Phi) is 5.27. The fourth-order valence-corrected chi connectivity index (χ4v) is 3.45. The molecule has 0 aliphatic heterocycles. The molecule has 0 atom stereocenters. The summed E-state index contributed by atoms with van der Waals surface area (Å²) in [6.07, 6.45) is 5.14. The van der Waals surface area contributed by atoms with E-state index in [1.165, 1.54) is 11.1 Å². The molecule has 2 nitrogen and oxygen atoms in total. The minimum absolute atomic E-state index is 0.922. The molecule has 0 unspecified atom stereocenters. The van der Waals surface area contributed by atoms with Crippen LogP contribution in [0.25, 0.3) is 33.1 Å². The van der Waals surface area contributed by atoms with Crippen LogP contribution in [0.4, 0.5) is 5.69 Å². The summed E-state index contributed by atoms with van der Waals surface area (Å²) in [6, 6.07) is 23.0. The van der Waals surface area contributed by atoms with Crippen molar-refractivity contribution in [1.82, 2.24) is 0 Å². The monoisotopic (exact) mass is 385 g/mol. The van der Waals surface area contributed by atoms with Gasteiger partial charge in [-0.2, -0.15) is 0 Å². The van der Waals surface area contributed by atoms with E-state index in [9.17, 15) is 0 Å². The first-order valence-electron chi connectivity index (χ1n) is 9.51. The maximum Gasteiger partial charge on any atom is 0.135 e. The highest BCUT2D eigenvalue weighted by Crippen LogP contribution is 2.32. The Bertz CT molecular complexity index is 1180. The van der Waals surface area contributed by atoms with Gasteiger partial charge in [-0.05, 0) is 54.8 Å². The number of rotatable bonds is 5. The lowest BCUT2D eigenvalue weighted by molar-refractivity contribution is 0.669. The van der Waals surface area contributed by atoms with E-state index in [-0.39, 0.29) is 0 Å². The highest BCUT2D eigenvalue weighted by Gasteiger charge is 2.08. The van der Waals surface area contributed by atoms with E-state index in [1.54, 1.807) is 0 Å². The Morgan fingerprint density at radius 3 is 2.43 bits per heavy atom. The quantitative estimate of drug-likeness (QED) is 0.271. The van der Waals surface area contributed by atoms with Crippen LogP contribution >= 0.6 is 12.6 Å². The van der Waals surface area contributed by atoms with Gasteiger partial charge in [0.05, 0.1) is 0 Å². The zero-order valence-corrected chi connectivity index (χ0v) is 17.0. The van der Waals surface area contributed by atoms with E-state index >= 15 is 0 Å². The molecule has 0 aliphatic rings. The van der Waals surface area contributed by atoms with E-state index in [4.69, 9.17) is 4.42 Å². The zero-order valence-electron chi connectivity index (χ0n) is 16.1. The minimum Gasteiger partial charge on any atom is -0.456 e. The molecule has 0 aliphatic carbocycles. The number of anilines is 1. The first-order chi connectivity index (χ1) is 13.7. The van der Waals surface area contributed by atoms with Gasteiger partial charge in [-0.15, -0.1) is 12.6 Å². The van der Waals surface area contributed by atoms with Gasteiger partial charge < -0.3 is 9.73 Å². The number of hydrogen-bond donors (Lipinski definition) is 2. The van der Waals surface area contributed by atoms with Crippen molar-refractivity contribution in [3.05, 3.63) is 89.5 Å². The Balaban J connectivity index is 1.62. The summed E-state index contributed by atoms with van der Waals surface area (Å²) in [7, 11) is 0. The highest BCUT2D eigenvalue weighted by atomic mass is 32.1. The molecule has 4 aromatic rings. The highest BCUT2D eigenvalue weighted by molar-refractivity contribution is 7.84. The number of furan rings is 1. The van der Waals surface area contributed by atoms with Crippen LogP contribution in [-0.4, -0.2) is 0 Å². The number of nitrogens with one attached hydrogen (secondary N) is 1. The van der Waals surface area contributed by atoms with Gasteiger partial charge in [-0.1, -0.05) is 55.5 Å². The second-order valence-electron chi connectivity index (χ2n) is 6.83. The van der Waals surface area contributed by atoms with Crippen LogP contribution in [0.15, 0.2) is 93.9 Å². The van der Waals surface area contributed by atoms with Crippen LogP contribution in [0.3, 0.4) is 0 Å². The Hall–Kier alpha value is -2.91. The molecule has 3 aromatic carbocycles. The van der Waals surface area contributed by atoms with Crippen LogP contribution in [0.5, 0.6) is 0 Å². The van der Waals surface area contributed by atoms with Crippen molar-refractivity contribution >= 4 is 40.3 Å². The van der Waals surface area contributed by atoms with Gasteiger partial charge >= 0.3 is 0 Å². The summed E-state index contributed by atoms with van der Waals surface area (Å²) < 4.78 is 5.93. The predicted octanol–water partition coefficient (Wildman–Crippen LogP) is 7.79. The van der Waals surface area contributed by atoms with Crippen molar-refractivity contribution in [2.75, 3.05) is 5.32 Å². The first kappa shape index (κ1) is 18.5. The first-order valence-corrected chi connectivity index (χ1v) is 9.95. The number of hydrogen-bond acceptors (Lipinski definition) is 3. The maximum absolute atomic E-state index is 5.93. The smallest absolute Gasteiger partial charge is 0.135 e. The van der Waals surface area contributed by atoms with Crippen molar-refractivity contribution in [1.29, 1.82) is 0 Å². The zero-order chi connectivity index (χ0) is 19.5. The molecule has 0 amide bonds. The van der Waals surface area contributed by atoms with E-state index in [0.29, 0.717) is 0 Å². The van der Waals surface area contributed by atoms with Crippen molar-refractivity contribution in [3.63, 3.8) is 0 Å². The van der Waals surface area contributed by atoms with Gasteiger partial charge in [0.2, 0.25) is 0 Å². The lowest BCUT2D eigenvalue weighted by atomic mass is 10.0. The van der Waals surface area contributed by atoms with Crippen LogP contribution in [-0.2, 0) is 0 Å². The van der Waals surface area contributed by atoms with E-state index in [1.807, 2.05) is 31.2 Å². The summed E-state index contributed by atoms with van der Waals surface area (Å²) >= 11 is 4.55. The number of fused-ring (bicyclic) bond motifs is 3. The van der Waals surface area contributed by atoms with E-state index in [2.05, 4.69) is 79.5 Å². The van der Waals surface area contributed by atoms with Crippen LogP contribution in [0.1, 0.15) is 20.3 Å². The number of thiol groups is 1. The normalized spacial score (nSPS) is 12.7. The Morgan fingerprint density at radius 1 is 0.929 bits per heavy atom. The number of para-hydroxylation sites is 1. The Labute approximate surface area is 171 Å². The summed E-state index contributed by atoms with van der Waals surface area (Å²) in [4.78, 5) is 0.947. The fraction of sp³-hybridized carbons (Fsp3) is 0.120. The lowest BCUT2D eigenvalue weighted by Crippen LogP contribution is -1.96. The molecule has 140 valence electrons. The molecule has 1 N–H and O–H groups in total. The van der Waals surface area contributed by atoms with Gasteiger partial charge in [0.15, 0.2) is 0 Å². The fourth-order valence-electron chi connectivity index (χ4n) is 3.29. The van der Waals surface area contributed by atoms with Crippen molar-refractivity contribution in [2.45, 2.75) is 20.3 Å². The molecule has 0 spiro atoms. The molecule has 28 heavy (non-hydrogen) atoms. The molecule has 0 fully saturated rings. The SMILES string of the molecule is CC/C=C\C(S)=C(\C)Nc1ccc(-c2ccc3oc4ccccc4c3c2)cc1. The third-order valence-electron chi connectivity index (χ3n) is 4.82. The maximum atomic E-state index is 5.93. The predicted molar refractivity (Wildman–Crippen MR) is 124 cm³/mol. The van der Waals surface area contributed by atoms with Crippen LogP contribution in [0.2, 0.25) is 0 Å². The molecular weight excluding hydrogens is 362 g/mol. The lowest BCUT2D eigenvalue weighted by Gasteiger charge is -2.10. The largest absolute Gasteiger partial charge is 0.456 e. The van der Waals surface area contributed by atoms with Crippen molar-refractivity contribution < 1.29 is 4.42 Å². The minimum atomic E-state index is 0.922. The average molecular weight is 386 g/mol. The molecule has 1 aromatic heterocycles. The van der Waals surface area contributed by atoms with Crippen molar-refractivity contribution in [2.24, 2.45) is 0 Å². The average Bonchev–Trinajstić information content (AvgIpc) is 3.10. The van der Waals surface area contributed by atoms with Crippen LogP contribution in [0, 0.1) is 0 Å². The molecule has 0 bridgehead atoms. The second kappa shape index (κ2) is 7.99. The molecule has 0 radical (unpaired) electrons. The van der Waals surface area contributed by atoms with Gasteiger partial charge in [0.1, 0.15) is 11.2 Å². The van der Waals surface area contributed by atoms with Gasteiger partial charge in [0.25, 0.3) is 0 Å². The summed E-state index contributed by atoms with van der Waals surface area (Å²) in [5.41, 5.74) is 6.29. The Morgan fingerprint density at radius 2 is 1.64 bits per heavy atom. The summed E-state index contributed by atoms with van der Waals surface area (Å²) in [5.74, 6) is 0. The standard InChI is InChI=1S/C25H23NOS/c1-3-4-9-25(28)17(2)26-20-13-10-18(11-14-20)19-12-15-24-22(16-19)21-7-5-6-8-23(21)27-24/h4-16,26,28H,3H2,1-2H3/b9-4-,25-17+. The number of allylic oxidation sites excluding steroid dienone is 3. The number of benzene rings is 3. The molecular formula is C25H23NOS. The third-order valence-corrected chi connectivity index (χ3v) is 5.31. The van der Waals surface area contributed by atoms with Crippen LogP contribution < -0.4 is 5.32 Å². The molecule has 0 saturated heterocycles. The second-order valence-corrected chi connectivity index (χ2v) is 7.31. The molecule has 0 saturated carbocycles. The molecule has 4 rings (SSSR count). The topological polar surface area (TPSA) is 25.2 Å². The van der Waals surface area contributed by atoms with E-state index < -0.39 is 0 Å². The summed E-state index contributed by atoms with van der Waals surface area (Å²) in [6.45, 7) is 4.15. The van der Waals surface area contributed by atoms with Gasteiger partial charge in [0, 0.05) is 27.1 Å². The van der Waals surface area contributed by atoms with Gasteiger partial charge in [-0.3, -0.25) is 0 Å². The summed E-state index contributed by atoms with van der Waals surface area (Å²) in [5, 5.41) is 5.72. The molecule has 1 heterocycles. The third kappa shape index (κ3) is 3.71. The molecule has 3 heteroatoms. The van der Waals surface area contributed by atoms with Crippen molar-refractivity contribution in [3.8, 4) is 11.1 Å².